The average Bonchev–Trinajstić information content (AvgIpc) is 2.78. The zero-order valence-corrected chi connectivity index (χ0v) is 16.6. The summed E-state index contributed by atoms with van der Waals surface area (Å²) in [5, 5.41) is 0. The molecule has 0 heterocycles. The summed E-state index contributed by atoms with van der Waals surface area (Å²) in [6.07, 6.45) is 0. The van der Waals surface area contributed by atoms with Crippen molar-refractivity contribution in [2.75, 3.05) is 19.8 Å². The summed E-state index contributed by atoms with van der Waals surface area (Å²) < 4.78 is 21.7. The molecule has 0 fully saturated rings. The smallest absolute Gasteiger partial charge is 0.347 e. The molecule has 0 aliphatic carbocycles. The molecule has 0 aromatic heterocycles. The van der Waals surface area contributed by atoms with Crippen LogP contribution in [-0.4, -0.2) is 31.8 Å². The van der Waals surface area contributed by atoms with Gasteiger partial charge in [-0.15, -0.1) is 0 Å². The monoisotopic (exact) mass is 406 g/mol. The van der Waals surface area contributed by atoms with Crippen molar-refractivity contribution < 1.29 is 28.5 Å². The van der Waals surface area contributed by atoms with Crippen LogP contribution in [0, 0.1) is 0 Å². The van der Waals surface area contributed by atoms with Gasteiger partial charge in [-0.1, -0.05) is 36.4 Å². The summed E-state index contributed by atoms with van der Waals surface area (Å²) in [4.78, 5) is 24.5. The van der Waals surface area contributed by atoms with E-state index in [1.165, 1.54) is 6.07 Å². The van der Waals surface area contributed by atoms with Crippen LogP contribution < -0.4 is 14.2 Å². The van der Waals surface area contributed by atoms with Crippen molar-refractivity contribution in [2.24, 2.45) is 0 Å². The van der Waals surface area contributed by atoms with Crippen molar-refractivity contribution in [1.29, 1.82) is 0 Å². The second-order valence-electron chi connectivity index (χ2n) is 6.14. The third kappa shape index (κ3) is 5.85. The maximum Gasteiger partial charge on any atom is 0.347 e. The SMILES string of the molecule is CCOC(=O)c1cccc(OC(=O)c2ccccc2OCCOc2ccccc2)c1. The minimum atomic E-state index is -0.587. The zero-order valence-electron chi connectivity index (χ0n) is 16.6. The molecular formula is C24H22O6. The molecule has 6 heteroatoms. The van der Waals surface area contributed by atoms with Gasteiger partial charge < -0.3 is 18.9 Å². The number of benzene rings is 3. The molecule has 6 nitrogen and oxygen atoms in total. The van der Waals surface area contributed by atoms with Gasteiger partial charge in [-0.3, -0.25) is 0 Å². The minimum Gasteiger partial charge on any atom is -0.490 e. The summed E-state index contributed by atoms with van der Waals surface area (Å²) in [7, 11) is 0. The highest BCUT2D eigenvalue weighted by molar-refractivity contribution is 5.94. The van der Waals surface area contributed by atoms with E-state index in [4.69, 9.17) is 18.9 Å². The van der Waals surface area contributed by atoms with E-state index in [-0.39, 0.29) is 24.5 Å². The van der Waals surface area contributed by atoms with E-state index < -0.39 is 11.9 Å². The van der Waals surface area contributed by atoms with Crippen molar-refractivity contribution in [2.45, 2.75) is 6.92 Å². The van der Waals surface area contributed by atoms with Gasteiger partial charge in [0, 0.05) is 0 Å². The van der Waals surface area contributed by atoms with Crippen LogP contribution in [-0.2, 0) is 4.74 Å². The van der Waals surface area contributed by atoms with Crippen LogP contribution in [0.4, 0.5) is 0 Å². The summed E-state index contributed by atoms with van der Waals surface area (Å²) >= 11 is 0. The number of hydrogen-bond acceptors (Lipinski definition) is 6. The first-order valence-corrected chi connectivity index (χ1v) is 9.56. The van der Waals surface area contributed by atoms with Gasteiger partial charge in [-0.05, 0) is 49.4 Å². The van der Waals surface area contributed by atoms with Gasteiger partial charge in [-0.25, -0.2) is 9.59 Å². The molecule has 0 saturated heterocycles. The molecule has 3 aromatic rings. The number of hydrogen-bond donors (Lipinski definition) is 0. The molecule has 30 heavy (non-hydrogen) atoms. The van der Waals surface area contributed by atoms with Gasteiger partial charge >= 0.3 is 11.9 Å². The van der Waals surface area contributed by atoms with Crippen LogP contribution in [0.3, 0.4) is 0 Å². The molecule has 0 saturated carbocycles. The number of ether oxygens (including phenoxy) is 4. The van der Waals surface area contributed by atoms with E-state index in [1.807, 2.05) is 30.3 Å². The first-order valence-electron chi connectivity index (χ1n) is 9.56. The molecule has 0 bridgehead atoms. The van der Waals surface area contributed by atoms with Crippen LogP contribution >= 0.6 is 0 Å². The number of para-hydroxylation sites is 2. The molecule has 3 aromatic carbocycles. The molecule has 154 valence electrons. The van der Waals surface area contributed by atoms with Crippen molar-refractivity contribution >= 4 is 11.9 Å². The quantitative estimate of drug-likeness (QED) is 0.295. The third-order valence-electron chi connectivity index (χ3n) is 4.02. The Balaban J connectivity index is 1.61. The van der Waals surface area contributed by atoms with Crippen LogP contribution in [0.1, 0.15) is 27.6 Å². The molecule has 0 radical (unpaired) electrons. The van der Waals surface area contributed by atoms with E-state index in [2.05, 4.69) is 0 Å². The first-order chi connectivity index (χ1) is 14.7. The van der Waals surface area contributed by atoms with E-state index in [0.717, 1.165) is 5.75 Å². The second kappa shape index (κ2) is 10.7. The molecule has 0 aliphatic heterocycles. The Kier molecular flexibility index (Phi) is 7.44. The van der Waals surface area contributed by atoms with Crippen LogP contribution in [0.5, 0.6) is 17.2 Å². The maximum atomic E-state index is 12.6. The van der Waals surface area contributed by atoms with Gasteiger partial charge in [0.2, 0.25) is 0 Å². The second-order valence-corrected chi connectivity index (χ2v) is 6.14. The van der Waals surface area contributed by atoms with E-state index in [9.17, 15) is 9.59 Å². The Morgan fingerprint density at radius 2 is 1.43 bits per heavy atom. The molecule has 0 amide bonds. The summed E-state index contributed by atoms with van der Waals surface area (Å²) in [6, 6.07) is 22.5. The Morgan fingerprint density at radius 1 is 0.733 bits per heavy atom. The number of rotatable bonds is 9. The number of carbonyl (C=O) groups excluding carboxylic acids is 2. The Hall–Kier alpha value is -3.80. The first kappa shape index (κ1) is 20.9. The topological polar surface area (TPSA) is 71.1 Å². The van der Waals surface area contributed by atoms with Crippen molar-refractivity contribution in [3.05, 3.63) is 90.0 Å². The molecule has 0 aliphatic rings. The molecular weight excluding hydrogens is 384 g/mol. The van der Waals surface area contributed by atoms with Gasteiger partial charge in [0.05, 0.1) is 12.2 Å². The van der Waals surface area contributed by atoms with E-state index >= 15 is 0 Å². The maximum absolute atomic E-state index is 12.6. The van der Waals surface area contributed by atoms with Gasteiger partial charge in [0.25, 0.3) is 0 Å². The Labute approximate surface area is 175 Å². The van der Waals surface area contributed by atoms with Gasteiger partial charge in [-0.2, -0.15) is 0 Å². The molecule has 0 spiro atoms. The predicted octanol–water partition coefficient (Wildman–Crippen LogP) is 4.54. The zero-order chi connectivity index (χ0) is 21.2. The lowest BCUT2D eigenvalue weighted by molar-refractivity contribution is 0.0524. The fourth-order valence-electron chi connectivity index (χ4n) is 2.65. The normalized spacial score (nSPS) is 10.2. The largest absolute Gasteiger partial charge is 0.490 e. The molecule has 0 unspecified atom stereocenters. The highest BCUT2D eigenvalue weighted by atomic mass is 16.5. The number of esters is 2. The fourth-order valence-corrected chi connectivity index (χ4v) is 2.65. The lowest BCUT2D eigenvalue weighted by atomic mass is 10.2. The van der Waals surface area contributed by atoms with Crippen LogP contribution in [0.2, 0.25) is 0 Å². The van der Waals surface area contributed by atoms with Crippen molar-refractivity contribution in [3.8, 4) is 17.2 Å². The predicted molar refractivity (Wildman–Crippen MR) is 111 cm³/mol. The number of carbonyl (C=O) groups is 2. The highest BCUT2D eigenvalue weighted by Gasteiger charge is 2.16. The van der Waals surface area contributed by atoms with Crippen LogP contribution in [0.15, 0.2) is 78.9 Å². The van der Waals surface area contributed by atoms with Gasteiger partial charge in [0.1, 0.15) is 36.0 Å². The molecule has 0 atom stereocenters. The lowest BCUT2D eigenvalue weighted by Crippen LogP contribution is -2.14. The van der Waals surface area contributed by atoms with Crippen LogP contribution in [0.25, 0.3) is 0 Å². The Bertz CT molecular complexity index is 984. The minimum absolute atomic E-state index is 0.243. The lowest BCUT2D eigenvalue weighted by Gasteiger charge is -2.12. The summed E-state index contributed by atoms with van der Waals surface area (Å²) in [5.74, 6) is 0.317. The van der Waals surface area contributed by atoms with E-state index in [0.29, 0.717) is 17.9 Å². The molecule has 0 N–H and O–H groups in total. The van der Waals surface area contributed by atoms with Crippen molar-refractivity contribution in [3.63, 3.8) is 0 Å². The third-order valence-corrected chi connectivity index (χ3v) is 4.02. The van der Waals surface area contributed by atoms with E-state index in [1.54, 1.807) is 49.4 Å². The van der Waals surface area contributed by atoms with Crippen molar-refractivity contribution in [1.82, 2.24) is 0 Å². The molecule has 3 rings (SSSR count). The van der Waals surface area contributed by atoms with Gasteiger partial charge in [0.15, 0.2) is 0 Å². The summed E-state index contributed by atoms with van der Waals surface area (Å²) in [6.45, 7) is 2.58. The fraction of sp³-hybridized carbons (Fsp3) is 0.167. The standard InChI is InChI=1S/C24H22O6/c1-2-27-23(25)18-9-8-12-20(17-18)30-24(26)21-13-6-7-14-22(21)29-16-15-28-19-10-4-3-5-11-19/h3-14,17H,2,15-16H2,1H3. The highest BCUT2D eigenvalue weighted by Crippen LogP contribution is 2.22. The Morgan fingerprint density at radius 3 is 2.23 bits per heavy atom. The average molecular weight is 406 g/mol. The summed E-state index contributed by atoms with van der Waals surface area (Å²) in [5.41, 5.74) is 0.587.